The lowest BCUT2D eigenvalue weighted by molar-refractivity contribution is -0.123. The van der Waals surface area contributed by atoms with Crippen LogP contribution in [0, 0.1) is 12.8 Å². The van der Waals surface area contributed by atoms with Crippen molar-refractivity contribution in [2.45, 2.75) is 46.2 Å². The van der Waals surface area contributed by atoms with Crippen LogP contribution in [-0.2, 0) is 4.79 Å². The zero-order valence-corrected chi connectivity index (χ0v) is 14.1. The highest BCUT2D eigenvalue weighted by atomic mass is 35.5. The molecule has 5 heteroatoms. The highest BCUT2D eigenvalue weighted by molar-refractivity contribution is 5.85. The average Bonchev–Trinajstić information content (AvgIpc) is 2.35. The van der Waals surface area contributed by atoms with Crippen LogP contribution in [0.1, 0.15) is 32.8 Å². The third-order valence-corrected chi connectivity index (χ3v) is 2.94. The van der Waals surface area contributed by atoms with Gasteiger partial charge in [0.1, 0.15) is 12.4 Å². The Hall–Kier alpha value is -1.26. The highest BCUT2D eigenvalue weighted by Gasteiger charge is 2.17. The third-order valence-electron chi connectivity index (χ3n) is 2.94. The van der Waals surface area contributed by atoms with E-state index in [4.69, 9.17) is 10.5 Å². The lowest BCUT2D eigenvalue weighted by Crippen LogP contribution is -2.46. The van der Waals surface area contributed by atoms with E-state index in [9.17, 15) is 4.79 Å². The molecule has 120 valence electrons. The summed E-state index contributed by atoms with van der Waals surface area (Å²) in [4.78, 5) is 11.9. The fourth-order valence-corrected chi connectivity index (χ4v) is 1.93. The first-order chi connectivity index (χ1) is 9.38. The first kappa shape index (κ1) is 19.7. The Morgan fingerprint density at radius 1 is 1.33 bits per heavy atom. The molecule has 0 heterocycles. The van der Waals surface area contributed by atoms with Crippen LogP contribution in [0.15, 0.2) is 24.3 Å². The highest BCUT2D eigenvalue weighted by Crippen LogP contribution is 2.12. The van der Waals surface area contributed by atoms with Crippen molar-refractivity contribution >= 4 is 18.3 Å². The van der Waals surface area contributed by atoms with Gasteiger partial charge >= 0.3 is 0 Å². The number of hydrogen-bond donors (Lipinski definition) is 2. The van der Waals surface area contributed by atoms with Crippen LogP contribution < -0.4 is 15.8 Å². The van der Waals surface area contributed by atoms with Crippen LogP contribution in [0.5, 0.6) is 5.75 Å². The van der Waals surface area contributed by atoms with Crippen molar-refractivity contribution in [3.05, 3.63) is 29.8 Å². The number of amides is 1. The summed E-state index contributed by atoms with van der Waals surface area (Å²) in [7, 11) is 0. The van der Waals surface area contributed by atoms with Crippen molar-refractivity contribution in [3.63, 3.8) is 0 Å². The summed E-state index contributed by atoms with van der Waals surface area (Å²) >= 11 is 0. The predicted octanol–water partition coefficient (Wildman–Crippen LogP) is 2.67. The van der Waals surface area contributed by atoms with E-state index in [1.165, 1.54) is 0 Å². The molecule has 0 spiro atoms. The minimum atomic E-state index is -0.448. The molecule has 0 aliphatic rings. The van der Waals surface area contributed by atoms with E-state index >= 15 is 0 Å². The largest absolute Gasteiger partial charge is 0.491 e. The van der Waals surface area contributed by atoms with Crippen LogP contribution >= 0.6 is 12.4 Å². The molecule has 0 radical (unpaired) electrons. The van der Waals surface area contributed by atoms with E-state index in [0.717, 1.165) is 11.3 Å². The normalized spacial score (nSPS) is 13.2. The number of ether oxygens (including phenoxy) is 1. The second kappa shape index (κ2) is 9.64. The predicted molar refractivity (Wildman–Crippen MR) is 89.0 cm³/mol. The van der Waals surface area contributed by atoms with Gasteiger partial charge < -0.3 is 15.8 Å². The monoisotopic (exact) mass is 314 g/mol. The van der Waals surface area contributed by atoms with E-state index < -0.39 is 6.04 Å². The van der Waals surface area contributed by atoms with Crippen LogP contribution in [0.25, 0.3) is 0 Å². The Morgan fingerprint density at radius 3 is 2.57 bits per heavy atom. The molecule has 3 N–H and O–H groups in total. The van der Waals surface area contributed by atoms with Gasteiger partial charge in [0.25, 0.3) is 0 Å². The maximum Gasteiger partial charge on any atom is 0.237 e. The number of benzene rings is 1. The van der Waals surface area contributed by atoms with Gasteiger partial charge in [-0.05, 0) is 43.9 Å². The minimum absolute atomic E-state index is 0. The number of carbonyl (C=O) groups is 1. The van der Waals surface area contributed by atoms with Gasteiger partial charge in [0, 0.05) is 0 Å². The van der Waals surface area contributed by atoms with Crippen LogP contribution in [0.4, 0.5) is 0 Å². The molecule has 0 bridgehead atoms. The number of nitrogens with two attached hydrogens (primary N) is 1. The van der Waals surface area contributed by atoms with Crippen molar-refractivity contribution < 1.29 is 9.53 Å². The van der Waals surface area contributed by atoms with Gasteiger partial charge in [-0.15, -0.1) is 12.4 Å². The molecular weight excluding hydrogens is 288 g/mol. The maximum absolute atomic E-state index is 11.9. The molecule has 0 aliphatic carbocycles. The molecule has 0 fully saturated rings. The number of nitrogens with one attached hydrogen (secondary N) is 1. The molecule has 1 amide bonds. The summed E-state index contributed by atoms with van der Waals surface area (Å²) in [6.45, 7) is 8.47. The van der Waals surface area contributed by atoms with Gasteiger partial charge in [-0.3, -0.25) is 4.79 Å². The smallest absolute Gasteiger partial charge is 0.237 e. The molecule has 1 aromatic rings. The van der Waals surface area contributed by atoms with Crippen LogP contribution in [-0.4, -0.2) is 24.6 Å². The van der Waals surface area contributed by atoms with Gasteiger partial charge in [0.15, 0.2) is 0 Å². The first-order valence-corrected chi connectivity index (χ1v) is 7.14. The van der Waals surface area contributed by atoms with E-state index in [1.807, 2.05) is 38.1 Å². The van der Waals surface area contributed by atoms with Gasteiger partial charge in [0.2, 0.25) is 5.91 Å². The molecule has 0 saturated heterocycles. The quantitative estimate of drug-likeness (QED) is 0.813. The fourth-order valence-electron chi connectivity index (χ4n) is 1.93. The van der Waals surface area contributed by atoms with Crippen molar-refractivity contribution in [3.8, 4) is 5.75 Å². The number of hydrogen-bond acceptors (Lipinski definition) is 3. The summed E-state index contributed by atoms with van der Waals surface area (Å²) in [6.07, 6.45) is 0.692. The van der Waals surface area contributed by atoms with Crippen molar-refractivity contribution in [2.75, 3.05) is 6.61 Å². The fraction of sp³-hybridized carbons (Fsp3) is 0.562. The van der Waals surface area contributed by atoms with Crippen LogP contribution in [0.3, 0.4) is 0 Å². The molecule has 0 aliphatic heterocycles. The molecule has 1 aromatic carbocycles. The SMILES string of the molecule is Cc1cccc(OCC(C)NC(=O)[C@@H](N)CC(C)C)c1.Cl. The van der Waals surface area contributed by atoms with Gasteiger partial charge in [-0.2, -0.15) is 0 Å². The molecule has 4 nitrogen and oxygen atoms in total. The number of halogens is 1. The van der Waals surface area contributed by atoms with Crippen molar-refractivity contribution in [1.82, 2.24) is 5.32 Å². The van der Waals surface area contributed by atoms with Gasteiger partial charge in [-0.1, -0.05) is 26.0 Å². The van der Waals surface area contributed by atoms with E-state index in [-0.39, 0.29) is 24.4 Å². The third kappa shape index (κ3) is 7.93. The Bertz CT molecular complexity index is 438. The molecular formula is C16H27ClN2O2. The van der Waals surface area contributed by atoms with Crippen molar-refractivity contribution in [2.24, 2.45) is 11.7 Å². The van der Waals surface area contributed by atoms with E-state index in [1.54, 1.807) is 0 Å². The Morgan fingerprint density at radius 2 is 2.00 bits per heavy atom. The summed E-state index contributed by atoms with van der Waals surface area (Å²) in [5.41, 5.74) is 6.99. The van der Waals surface area contributed by atoms with E-state index in [0.29, 0.717) is 18.9 Å². The molecule has 1 rings (SSSR count). The topological polar surface area (TPSA) is 64.3 Å². The zero-order valence-electron chi connectivity index (χ0n) is 13.3. The van der Waals surface area contributed by atoms with Gasteiger partial charge in [0.05, 0.1) is 12.1 Å². The lowest BCUT2D eigenvalue weighted by Gasteiger charge is -2.19. The average molecular weight is 315 g/mol. The number of rotatable bonds is 7. The van der Waals surface area contributed by atoms with Crippen LogP contribution in [0.2, 0.25) is 0 Å². The maximum atomic E-state index is 11.9. The second-order valence-corrected chi connectivity index (χ2v) is 5.77. The van der Waals surface area contributed by atoms with Gasteiger partial charge in [-0.25, -0.2) is 0 Å². The number of aryl methyl sites for hydroxylation is 1. The summed E-state index contributed by atoms with van der Waals surface area (Å²) in [5, 5.41) is 2.88. The zero-order chi connectivity index (χ0) is 15.1. The number of carbonyl (C=O) groups excluding carboxylic acids is 1. The first-order valence-electron chi connectivity index (χ1n) is 7.14. The molecule has 0 saturated carbocycles. The lowest BCUT2D eigenvalue weighted by atomic mass is 10.0. The Balaban J connectivity index is 0.00000400. The Kier molecular flexibility index (Phi) is 9.06. The summed E-state index contributed by atoms with van der Waals surface area (Å²) in [5.74, 6) is 1.12. The molecule has 0 aromatic heterocycles. The molecule has 2 atom stereocenters. The molecule has 1 unspecified atom stereocenters. The Labute approximate surface area is 133 Å². The van der Waals surface area contributed by atoms with E-state index in [2.05, 4.69) is 19.2 Å². The standard InChI is InChI=1S/C16H26N2O2.ClH/c1-11(2)8-15(17)16(19)18-13(4)10-20-14-7-5-6-12(3)9-14;/h5-7,9,11,13,15H,8,10,17H2,1-4H3,(H,18,19);1H/t13?,15-;/m0./s1. The molecule has 21 heavy (non-hydrogen) atoms. The minimum Gasteiger partial charge on any atom is -0.491 e. The summed E-state index contributed by atoms with van der Waals surface area (Å²) < 4.78 is 5.65. The second-order valence-electron chi connectivity index (χ2n) is 5.77. The van der Waals surface area contributed by atoms with Crippen molar-refractivity contribution in [1.29, 1.82) is 0 Å². The summed E-state index contributed by atoms with van der Waals surface area (Å²) in [6, 6.07) is 7.33.